The van der Waals surface area contributed by atoms with E-state index in [0.717, 1.165) is 4.90 Å². The molecule has 26 heavy (non-hydrogen) atoms. The summed E-state index contributed by atoms with van der Waals surface area (Å²) in [6.45, 7) is 1.55. The number of ketones is 1. The molecular weight excluding hydrogens is 340 g/mol. The summed E-state index contributed by atoms with van der Waals surface area (Å²) in [5.41, 5.74) is 1.27. The van der Waals surface area contributed by atoms with Crippen molar-refractivity contribution in [3.05, 3.63) is 47.7 Å². The maximum absolute atomic E-state index is 12.0. The molecule has 3 amide bonds. The van der Waals surface area contributed by atoms with Crippen molar-refractivity contribution in [3.63, 3.8) is 0 Å². The lowest BCUT2D eigenvalue weighted by atomic mass is 10.1. The Morgan fingerprint density at radius 2 is 1.88 bits per heavy atom. The van der Waals surface area contributed by atoms with E-state index in [1.54, 1.807) is 30.3 Å². The van der Waals surface area contributed by atoms with Gasteiger partial charge in [0.25, 0.3) is 5.91 Å². The van der Waals surface area contributed by atoms with Crippen molar-refractivity contribution in [1.82, 2.24) is 10.2 Å². The summed E-state index contributed by atoms with van der Waals surface area (Å²) in [5, 5.41) is 2.49. The van der Waals surface area contributed by atoms with E-state index < -0.39 is 24.5 Å². The molecule has 0 atom stereocenters. The number of hydrogen-bond donors (Lipinski definition) is 1. The summed E-state index contributed by atoms with van der Waals surface area (Å²) in [6.07, 6.45) is 0. The van der Waals surface area contributed by atoms with E-state index in [9.17, 15) is 19.2 Å². The Labute approximate surface area is 148 Å². The third-order valence-electron chi connectivity index (χ3n) is 3.87. The fourth-order valence-electron chi connectivity index (χ4n) is 2.46. The Kier molecular flexibility index (Phi) is 4.83. The number of carbonyl (C=O) groups is 4. The van der Waals surface area contributed by atoms with Crippen molar-refractivity contribution in [2.24, 2.45) is 0 Å². The highest BCUT2D eigenvalue weighted by atomic mass is 16.5. The first-order valence-electron chi connectivity index (χ1n) is 7.92. The van der Waals surface area contributed by atoms with E-state index in [-0.39, 0.29) is 18.1 Å². The molecule has 3 rings (SSSR count). The first kappa shape index (κ1) is 17.4. The zero-order valence-corrected chi connectivity index (χ0v) is 14.0. The van der Waals surface area contributed by atoms with Crippen molar-refractivity contribution in [3.8, 4) is 11.3 Å². The maximum Gasteiger partial charge on any atom is 0.374 e. The molecule has 2 heterocycles. The predicted octanol–water partition coefficient (Wildman–Crippen LogP) is 1.86. The van der Waals surface area contributed by atoms with Gasteiger partial charge in [-0.15, -0.1) is 0 Å². The van der Waals surface area contributed by atoms with Gasteiger partial charge in [-0.1, -0.05) is 24.3 Å². The van der Waals surface area contributed by atoms with E-state index in [4.69, 9.17) is 9.15 Å². The number of Topliss-reactive ketones (excluding diaryl/α,β-unsaturated/α-hetero) is 1. The first-order valence-corrected chi connectivity index (χ1v) is 7.92. The minimum atomic E-state index is -0.801. The number of esters is 1. The molecule has 0 spiro atoms. The molecule has 0 bridgehead atoms. The second kappa shape index (κ2) is 7.22. The Balaban J connectivity index is 1.61. The number of benzene rings is 1. The number of hydrogen-bond acceptors (Lipinski definition) is 6. The topological polar surface area (TPSA) is 106 Å². The van der Waals surface area contributed by atoms with Crippen molar-refractivity contribution in [2.75, 3.05) is 19.7 Å². The van der Waals surface area contributed by atoms with Gasteiger partial charge in [0.15, 0.2) is 12.4 Å². The number of urea groups is 1. The van der Waals surface area contributed by atoms with Crippen molar-refractivity contribution >= 4 is 23.7 Å². The molecule has 1 saturated heterocycles. The Bertz CT molecular complexity index is 868. The fraction of sp³-hybridized carbons (Fsp3) is 0.222. The van der Waals surface area contributed by atoms with Crippen molar-refractivity contribution in [2.45, 2.75) is 6.92 Å². The van der Waals surface area contributed by atoms with Gasteiger partial charge in [-0.05, 0) is 19.1 Å². The van der Waals surface area contributed by atoms with Crippen LogP contribution in [-0.2, 0) is 9.53 Å². The first-order chi connectivity index (χ1) is 12.5. The van der Waals surface area contributed by atoms with E-state index in [1.165, 1.54) is 13.0 Å². The average Bonchev–Trinajstić information content (AvgIpc) is 3.28. The van der Waals surface area contributed by atoms with Gasteiger partial charge < -0.3 is 14.5 Å². The van der Waals surface area contributed by atoms with Crippen LogP contribution in [0.25, 0.3) is 11.3 Å². The molecule has 1 fully saturated rings. The largest absolute Gasteiger partial charge is 0.450 e. The van der Waals surface area contributed by atoms with Gasteiger partial charge in [-0.2, -0.15) is 0 Å². The molecule has 1 N–H and O–H groups in total. The Morgan fingerprint density at radius 1 is 1.15 bits per heavy atom. The highest BCUT2D eigenvalue weighted by molar-refractivity contribution is 5.98. The van der Waals surface area contributed by atoms with Crippen molar-refractivity contribution in [1.29, 1.82) is 0 Å². The van der Waals surface area contributed by atoms with Crippen LogP contribution in [0.4, 0.5) is 4.79 Å². The number of imide groups is 1. The minimum Gasteiger partial charge on any atom is -0.450 e. The molecule has 1 aromatic heterocycles. The number of nitrogens with zero attached hydrogens (tertiary/aromatic N) is 1. The van der Waals surface area contributed by atoms with Crippen LogP contribution in [0.5, 0.6) is 0 Å². The quantitative estimate of drug-likeness (QED) is 0.647. The van der Waals surface area contributed by atoms with E-state index in [2.05, 4.69) is 5.32 Å². The van der Waals surface area contributed by atoms with Gasteiger partial charge in [-0.3, -0.25) is 14.5 Å². The normalized spacial score (nSPS) is 13.4. The molecule has 2 aromatic rings. The summed E-state index contributed by atoms with van der Waals surface area (Å²) < 4.78 is 10.3. The van der Waals surface area contributed by atoms with Crippen LogP contribution in [0.1, 0.15) is 27.8 Å². The fourth-order valence-corrected chi connectivity index (χ4v) is 2.46. The lowest BCUT2D eigenvalue weighted by Gasteiger charge is -2.11. The van der Waals surface area contributed by atoms with Gasteiger partial charge in [0, 0.05) is 24.2 Å². The van der Waals surface area contributed by atoms with Crippen LogP contribution in [-0.4, -0.2) is 48.3 Å². The summed E-state index contributed by atoms with van der Waals surface area (Å²) in [6, 6.07) is 9.27. The third kappa shape index (κ3) is 3.64. The lowest BCUT2D eigenvalue weighted by molar-refractivity contribution is -0.130. The highest BCUT2D eigenvalue weighted by Gasteiger charge is 2.27. The van der Waals surface area contributed by atoms with Crippen LogP contribution in [0.3, 0.4) is 0 Å². The van der Waals surface area contributed by atoms with Crippen LogP contribution in [0, 0.1) is 0 Å². The highest BCUT2D eigenvalue weighted by Crippen LogP contribution is 2.23. The van der Waals surface area contributed by atoms with E-state index in [1.807, 2.05) is 0 Å². The zero-order valence-electron chi connectivity index (χ0n) is 14.0. The summed E-state index contributed by atoms with van der Waals surface area (Å²) >= 11 is 0. The minimum absolute atomic E-state index is 0.0448. The molecule has 8 heteroatoms. The molecule has 1 aliphatic rings. The van der Waals surface area contributed by atoms with Crippen molar-refractivity contribution < 1.29 is 28.3 Å². The van der Waals surface area contributed by atoms with E-state index >= 15 is 0 Å². The lowest BCUT2D eigenvalue weighted by Crippen LogP contribution is -2.37. The van der Waals surface area contributed by atoms with E-state index in [0.29, 0.717) is 23.4 Å². The second-order valence-corrected chi connectivity index (χ2v) is 5.65. The second-order valence-electron chi connectivity index (χ2n) is 5.65. The average molecular weight is 356 g/mol. The number of furan rings is 1. The summed E-state index contributed by atoms with van der Waals surface area (Å²) in [5.74, 6) is -1.08. The molecule has 1 aromatic carbocycles. The molecule has 1 aliphatic heterocycles. The van der Waals surface area contributed by atoms with Gasteiger partial charge in [0.05, 0.1) is 0 Å². The molecule has 8 nitrogen and oxygen atoms in total. The summed E-state index contributed by atoms with van der Waals surface area (Å²) in [4.78, 5) is 47.5. The predicted molar refractivity (Wildman–Crippen MR) is 89.5 cm³/mol. The third-order valence-corrected chi connectivity index (χ3v) is 3.87. The smallest absolute Gasteiger partial charge is 0.374 e. The molecule has 0 aliphatic carbocycles. The zero-order chi connectivity index (χ0) is 18.7. The van der Waals surface area contributed by atoms with Gasteiger partial charge in [-0.25, -0.2) is 9.59 Å². The number of amides is 3. The standard InChI is InChI=1S/C18H16N2O6/c1-11(21)12-2-4-13(5-3-12)14-6-7-15(26-14)17(23)25-10-16(22)20-9-8-19-18(20)24/h2-7H,8-10H2,1H3,(H,19,24). The molecule has 134 valence electrons. The van der Waals surface area contributed by atoms with Gasteiger partial charge >= 0.3 is 12.0 Å². The van der Waals surface area contributed by atoms with Crippen LogP contribution in [0.2, 0.25) is 0 Å². The van der Waals surface area contributed by atoms with Crippen LogP contribution >= 0.6 is 0 Å². The summed E-state index contributed by atoms with van der Waals surface area (Å²) in [7, 11) is 0. The van der Waals surface area contributed by atoms with Gasteiger partial charge in [0.2, 0.25) is 5.76 Å². The number of ether oxygens (including phenoxy) is 1. The molecule has 0 saturated carbocycles. The van der Waals surface area contributed by atoms with Crippen LogP contribution < -0.4 is 5.32 Å². The van der Waals surface area contributed by atoms with Gasteiger partial charge in [0.1, 0.15) is 5.76 Å². The molecule has 0 radical (unpaired) electrons. The SMILES string of the molecule is CC(=O)c1ccc(-c2ccc(C(=O)OCC(=O)N3CCNC3=O)o2)cc1. The van der Waals surface area contributed by atoms with Crippen LogP contribution in [0.15, 0.2) is 40.8 Å². The maximum atomic E-state index is 12.0. The molecular formula is C18H16N2O6. The monoisotopic (exact) mass is 356 g/mol. The number of rotatable bonds is 5. The molecule has 0 unspecified atom stereocenters. The number of carbonyl (C=O) groups excluding carboxylic acids is 4. The number of nitrogens with one attached hydrogen (secondary N) is 1. The Morgan fingerprint density at radius 3 is 2.50 bits per heavy atom. The Hall–Kier alpha value is -3.42.